The van der Waals surface area contributed by atoms with Gasteiger partial charge < -0.3 is 4.74 Å². The maximum atomic E-state index is 5.32. The van der Waals surface area contributed by atoms with Gasteiger partial charge in [-0.05, 0) is 32.1 Å². The summed E-state index contributed by atoms with van der Waals surface area (Å²) >= 11 is 0. The first kappa shape index (κ1) is 8.79. The van der Waals surface area contributed by atoms with Crippen LogP contribution in [0.3, 0.4) is 0 Å². The number of hydrogen-bond donors (Lipinski definition) is 0. The SMILES string of the molecule is CC(C)=CC1(C)CCOCC1. The first-order chi connectivity index (χ1) is 5.12. The summed E-state index contributed by atoms with van der Waals surface area (Å²) in [6.45, 7) is 8.52. The summed E-state index contributed by atoms with van der Waals surface area (Å²) in [5, 5.41) is 0. The minimum absolute atomic E-state index is 0.414. The molecule has 0 atom stereocenters. The Morgan fingerprint density at radius 2 is 1.82 bits per heavy atom. The summed E-state index contributed by atoms with van der Waals surface area (Å²) in [7, 11) is 0. The number of rotatable bonds is 1. The lowest BCUT2D eigenvalue weighted by Gasteiger charge is -2.30. The minimum Gasteiger partial charge on any atom is -0.381 e. The van der Waals surface area contributed by atoms with Crippen LogP contribution in [0.1, 0.15) is 33.6 Å². The van der Waals surface area contributed by atoms with Crippen LogP contribution in [0.25, 0.3) is 0 Å². The molecule has 0 bridgehead atoms. The molecule has 0 aromatic carbocycles. The van der Waals surface area contributed by atoms with Crippen LogP contribution in [0, 0.1) is 5.41 Å². The van der Waals surface area contributed by atoms with E-state index in [0.29, 0.717) is 5.41 Å². The van der Waals surface area contributed by atoms with E-state index < -0.39 is 0 Å². The van der Waals surface area contributed by atoms with E-state index in [1.54, 1.807) is 0 Å². The van der Waals surface area contributed by atoms with Crippen LogP contribution in [0.2, 0.25) is 0 Å². The molecule has 0 N–H and O–H groups in total. The van der Waals surface area contributed by atoms with Crippen molar-refractivity contribution < 1.29 is 4.74 Å². The summed E-state index contributed by atoms with van der Waals surface area (Å²) in [5.41, 5.74) is 1.84. The summed E-state index contributed by atoms with van der Waals surface area (Å²) in [6.07, 6.45) is 4.74. The molecule has 1 rings (SSSR count). The third kappa shape index (κ3) is 2.66. The van der Waals surface area contributed by atoms with Crippen molar-refractivity contribution in [3.63, 3.8) is 0 Å². The van der Waals surface area contributed by atoms with Gasteiger partial charge in [-0.2, -0.15) is 0 Å². The highest BCUT2D eigenvalue weighted by atomic mass is 16.5. The van der Waals surface area contributed by atoms with E-state index in [2.05, 4.69) is 26.8 Å². The quantitative estimate of drug-likeness (QED) is 0.528. The molecule has 1 aliphatic heterocycles. The van der Waals surface area contributed by atoms with Crippen LogP contribution in [0.4, 0.5) is 0 Å². The van der Waals surface area contributed by atoms with Crippen molar-refractivity contribution in [2.24, 2.45) is 5.41 Å². The molecule has 0 unspecified atom stereocenters. The van der Waals surface area contributed by atoms with Gasteiger partial charge in [0.05, 0.1) is 0 Å². The standard InChI is InChI=1S/C10H18O/c1-9(2)8-10(3)4-6-11-7-5-10/h8H,4-7H2,1-3H3. The molecule has 0 radical (unpaired) electrons. The summed E-state index contributed by atoms with van der Waals surface area (Å²) in [4.78, 5) is 0. The Kier molecular flexibility index (Phi) is 2.72. The Balaban J connectivity index is 2.57. The molecule has 0 spiro atoms. The van der Waals surface area contributed by atoms with Crippen LogP contribution in [0.15, 0.2) is 11.6 Å². The lowest BCUT2D eigenvalue weighted by atomic mass is 9.81. The van der Waals surface area contributed by atoms with Gasteiger partial charge in [0.25, 0.3) is 0 Å². The van der Waals surface area contributed by atoms with Crippen molar-refractivity contribution in [3.05, 3.63) is 11.6 Å². The van der Waals surface area contributed by atoms with Crippen molar-refractivity contribution in [1.82, 2.24) is 0 Å². The fraction of sp³-hybridized carbons (Fsp3) is 0.800. The van der Waals surface area contributed by atoms with Crippen molar-refractivity contribution in [3.8, 4) is 0 Å². The minimum atomic E-state index is 0.414. The zero-order chi connectivity index (χ0) is 8.32. The molecule has 11 heavy (non-hydrogen) atoms. The number of hydrogen-bond acceptors (Lipinski definition) is 1. The van der Waals surface area contributed by atoms with Gasteiger partial charge in [-0.25, -0.2) is 0 Å². The molecule has 0 amide bonds. The maximum Gasteiger partial charge on any atom is 0.0474 e. The average Bonchev–Trinajstić information content (AvgIpc) is 1.85. The van der Waals surface area contributed by atoms with Crippen molar-refractivity contribution in [1.29, 1.82) is 0 Å². The largest absolute Gasteiger partial charge is 0.381 e. The van der Waals surface area contributed by atoms with Gasteiger partial charge in [0.2, 0.25) is 0 Å². The Morgan fingerprint density at radius 3 is 2.27 bits per heavy atom. The molecule has 1 heterocycles. The highest BCUT2D eigenvalue weighted by Crippen LogP contribution is 2.32. The predicted molar refractivity (Wildman–Crippen MR) is 47.6 cm³/mol. The Bertz CT molecular complexity index is 148. The van der Waals surface area contributed by atoms with Gasteiger partial charge in [-0.15, -0.1) is 0 Å². The molecule has 0 aromatic rings. The topological polar surface area (TPSA) is 9.23 Å². The van der Waals surface area contributed by atoms with E-state index in [-0.39, 0.29) is 0 Å². The molecule has 0 aliphatic carbocycles. The second-order valence-corrected chi connectivity index (χ2v) is 3.99. The highest BCUT2D eigenvalue weighted by molar-refractivity contribution is 5.04. The fourth-order valence-electron chi connectivity index (χ4n) is 1.68. The maximum absolute atomic E-state index is 5.32. The van der Waals surface area contributed by atoms with Gasteiger partial charge in [0, 0.05) is 13.2 Å². The van der Waals surface area contributed by atoms with Crippen molar-refractivity contribution in [2.75, 3.05) is 13.2 Å². The van der Waals surface area contributed by atoms with Crippen molar-refractivity contribution >= 4 is 0 Å². The normalized spacial score (nSPS) is 22.8. The second-order valence-electron chi connectivity index (χ2n) is 3.99. The van der Waals surface area contributed by atoms with E-state index in [1.165, 1.54) is 18.4 Å². The molecule has 64 valence electrons. The molecular weight excluding hydrogens is 136 g/mol. The Labute approximate surface area is 69.4 Å². The zero-order valence-corrected chi connectivity index (χ0v) is 7.81. The molecule has 1 heteroatoms. The van der Waals surface area contributed by atoms with Crippen LogP contribution >= 0.6 is 0 Å². The van der Waals surface area contributed by atoms with Crippen LogP contribution in [-0.2, 0) is 4.74 Å². The molecule has 0 aromatic heterocycles. The average molecular weight is 154 g/mol. The summed E-state index contributed by atoms with van der Waals surface area (Å²) in [5.74, 6) is 0. The third-order valence-corrected chi connectivity index (χ3v) is 2.27. The lowest BCUT2D eigenvalue weighted by Crippen LogP contribution is -2.24. The molecular formula is C10H18O. The van der Waals surface area contributed by atoms with Crippen LogP contribution < -0.4 is 0 Å². The van der Waals surface area contributed by atoms with E-state index in [4.69, 9.17) is 4.74 Å². The fourth-order valence-corrected chi connectivity index (χ4v) is 1.68. The molecule has 1 saturated heterocycles. The lowest BCUT2D eigenvalue weighted by molar-refractivity contribution is 0.0447. The van der Waals surface area contributed by atoms with E-state index in [9.17, 15) is 0 Å². The van der Waals surface area contributed by atoms with E-state index in [0.717, 1.165) is 13.2 Å². The van der Waals surface area contributed by atoms with E-state index in [1.807, 2.05) is 0 Å². The smallest absolute Gasteiger partial charge is 0.0474 e. The van der Waals surface area contributed by atoms with Gasteiger partial charge in [-0.1, -0.05) is 18.6 Å². The number of allylic oxidation sites excluding steroid dienone is 2. The van der Waals surface area contributed by atoms with Crippen LogP contribution in [-0.4, -0.2) is 13.2 Å². The number of ether oxygens (including phenoxy) is 1. The van der Waals surface area contributed by atoms with Gasteiger partial charge in [0.15, 0.2) is 0 Å². The van der Waals surface area contributed by atoms with Crippen LogP contribution in [0.5, 0.6) is 0 Å². The first-order valence-electron chi connectivity index (χ1n) is 4.36. The summed E-state index contributed by atoms with van der Waals surface area (Å²) in [6, 6.07) is 0. The Hall–Kier alpha value is -0.300. The molecule has 0 saturated carbocycles. The molecule has 1 aliphatic rings. The highest BCUT2D eigenvalue weighted by Gasteiger charge is 2.24. The zero-order valence-electron chi connectivity index (χ0n) is 7.81. The third-order valence-electron chi connectivity index (χ3n) is 2.27. The second kappa shape index (κ2) is 3.40. The van der Waals surface area contributed by atoms with E-state index >= 15 is 0 Å². The molecule has 1 fully saturated rings. The summed E-state index contributed by atoms with van der Waals surface area (Å²) < 4.78 is 5.32. The van der Waals surface area contributed by atoms with Crippen molar-refractivity contribution in [2.45, 2.75) is 33.6 Å². The first-order valence-corrected chi connectivity index (χ1v) is 4.36. The van der Waals surface area contributed by atoms with Gasteiger partial charge >= 0.3 is 0 Å². The monoisotopic (exact) mass is 154 g/mol. The van der Waals surface area contributed by atoms with Gasteiger partial charge in [0.1, 0.15) is 0 Å². The Morgan fingerprint density at radius 1 is 1.27 bits per heavy atom. The van der Waals surface area contributed by atoms with Gasteiger partial charge in [-0.3, -0.25) is 0 Å². The molecule has 1 nitrogen and oxygen atoms in total. The predicted octanol–water partition coefficient (Wildman–Crippen LogP) is 2.77.